The highest BCUT2D eigenvalue weighted by atomic mass is 16.1. The fourth-order valence-electron chi connectivity index (χ4n) is 6.15. The first-order valence-electron chi connectivity index (χ1n) is 11.9. The maximum Gasteiger partial charge on any atom is 0.220 e. The Morgan fingerprint density at radius 1 is 0.933 bits per heavy atom. The number of hydrogen-bond donors (Lipinski definition) is 1. The van der Waals surface area contributed by atoms with Gasteiger partial charge in [-0.15, -0.1) is 0 Å². The summed E-state index contributed by atoms with van der Waals surface area (Å²) in [4.78, 5) is 15.0. The van der Waals surface area contributed by atoms with Gasteiger partial charge in [-0.25, -0.2) is 0 Å². The average Bonchev–Trinajstić information content (AvgIpc) is 3.34. The van der Waals surface area contributed by atoms with Crippen molar-refractivity contribution >= 4 is 5.91 Å². The summed E-state index contributed by atoms with van der Waals surface area (Å²) in [6.45, 7) is 4.31. The molecule has 1 aliphatic heterocycles. The lowest BCUT2D eigenvalue weighted by atomic mass is 9.74. The first-order valence-corrected chi connectivity index (χ1v) is 11.9. The van der Waals surface area contributed by atoms with Gasteiger partial charge in [-0.05, 0) is 98.2 Å². The van der Waals surface area contributed by atoms with E-state index in [2.05, 4.69) is 58.7 Å². The Labute approximate surface area is 180 Å². The van der Waals surface area contributed by atoms with Gasteiger partial charge in [0, 0.05) is 13.0 Å². The number of piperidine rings is 1. The second-order valence-corrected chi connectivity index (χ2v) is 9.73. The molecule has 1 amide bonds. The van der Waals surface area contributed by atoms with Gasteiger partial charge in [-0.1, -0.05) is 48.5 Å². The lowest BCUT2D eigenvalue weighted by Gasteiger charge is -2.40. The Hall–Kier alpha value is -2.13. The van der Waals surface area contributed by atoms with Crippen LogP contribution in [-0.4, -0.2) is 37.0 Å². The predicted octanol–water partition coefficient (Wildman–Crippen LogP) is 4.28. The highest BCUT2D eigenvalue weighted by Gasteiger charge is 2.40. The predicted molar refractivity (Wildman–Crippen MR) is 122 cm³/mol. The summed E-state index contributed by atoms with van der Waals surface area (Å²) >= 11 is 0. The number of aryl methyl sites for hydroxylation is 1. The van der Waals surface area contributed by atoms with E-state index in [1.165, 1.54) is 49.9 Å². The van der Waals surface area contributed by atoms with Gasteiger partial charge in [0.15, 0.2) is 0 Å². The largest absolute Gasteiger partial charge is 0.356 e. The number of amides is 1. The Bertz CT molecular complexity index is 872. The molecule has 0 unspecified atom stereocenters. The topological polar surface area (TPSA) is 32.3 Å². The SMILES string of the molecule is O=C(CC1Cc2ccccc2C1)NCCCN1CCC2(CCc3ccccc32)CC1. The highest BCUT2D eigenvalue weighted by molar-refractivity contribution is 5.76. The standard InChI is InChI=1S/C27H34N2O/c30-26(20-21-18-23-7-1-2-8-24(23)19-21)28-14-5-15-29-16-12-27(13-17-29)11-10-22-6-3-4-9-25(22)27/h1-4,6-9,21H,5,10-20H2,(H,28,30). The van der Waals surface area contributed by atoms with Crippen molar-refractivity contribution in [3.8, 4) is 0 Å². The van der Waals surface area contributed by atoms with Crippen LogP contribution >= 0.6 is 0 Å². The van der Waals surface area contributed by atoms with E-state index in [1.54, 1.807) is 11.1 Å². The second kappa shape index (κ2) is 8.55. The van der Waals surface area contributed by atoms with Crippen LogP contribution in [0.1, 0.15) is 54.4 Å². The van der Waals surface area contributed by atoms with E-state index < -0.39 is 0 Å². The number of likely N-dealkylation sites (tertiary alicyclic amines) is 1. The molecule has 1 N–H and O–H groups in total. The van der Waals surface area contributed by atoms with Crippen molar-refractivity contribution in [1.29, 1.82) is 0 Å². The van der Waals surface area contributed by atoms with E-state index in [9.17, 15) is 4.79 Å². The number of hydrogen-bond acceptors (Lipinski definition) is 2. The fraction of sp³-hybridized carbons (Fsp3) is 0.519. The molecule has 0 bridgehead atoms. The second-order valence-electron chi connectivity index (χ2n) is 9.73. The molecular weight excluding hydrogens is 368 g/mol. The van der Waals surface area contributed by atoms with Gasteiger partial charge in [-0.3, -0.25) is 4.79 Å². The van der Waals surface area contributed by atoms with Crippen LogP contribution in [0.15, 0.2) is 48.5 Å². The lowest BCUT2D eigenvalue weighted by Crippen LogP contribution is -2.42. The Morgan fingerprint density at radius 2 is 1.60 bits per heavy atom. The summed E-state index contributed by atoms with van der Waals surface area (Å²) in [6, 6.07) is 17.7. The number of nitrogens with zero attached hydrogens (tertiary/aromatic N) is 1. The third kappa shape index (κ3) is 4.05. The molecule has 2 aliphatic carbocycles. The molecule has 3 nitrogen and oxygen atoms in total. The molecule has 5 rings (SSSR count). The first kappa shape index (κ1) is 19.8. The molecule has 1 spiro atoms. The van der Waals surface area contributed by atoms with Crippen molar-refractivity contribution in [3.05, 3.63) is 70.8 Å². The zero-order chi connectivity index (χ0) is 20.4. The summed E-state index contributed by atoms with van der Waals surface area (Å²) in [5, 5.41) is 3.17. The summed E-state index contributed by atoms with van der Waals surface area (Å²) in [7, 11) is 0. The Morgan fingerprint density at radius 3 is 2.33 bits per heavy atom. The molecule has 158 valence electrons. The molecule has 0 atom stereocenters. The summed E-state index contributed by atoms with van der Waals surface area (Å²) in [6.07, 6.45) is 9.01. The molecule has 0 radical (unpaired) electrons. The number of nitrogens with one attached hydrogen (secondary N) is 1. The highest BCUT2D eigenvalue weighted by Crippen LogP contribution is 2.46. The Kier molecular flexibility index (Phi) is 5.64. The van der Waals surface area contributed by atoms with Crippen LogP contribution in [0, 0.1) is 5.92 Å². The quantitative estimate of drug-likeness (QED) is 0.732. The minimum atomic E-state index is 0.230. The number of benzene rings is 2. The number of fused-ring (bicyclic) bond motifs is 3. The molecule has 30 heavy (non-hydrogen) atoms. The van der Waals surface area contributed by atoms with Crippen molar-refractivity contribution < 1.29 is 4.79 Å². The molecule has 2 aromatic rings. The zero-order valence-electron chi connectivity index (χ0n) is 18.0. The van der Waals surface area contributed by atoms with Crippen molar-refractivity contribution in [3.63, 3.8) is 0 Å². The Balaban J connectivity index is 1.00. The number of carbonyl (C=O) groups is 1. The van der Waals surface area contributed by atoms with Gasteiger partial charge in [-0.2, -0.15) is 0 Å². The molecule has 0 aromatic heterocycles. The first-order chi connectivity index (χ1) is 14.7. The summed E-state index contributed by atoms with van der Waals surface area (Å²) in [5.41, 5.74) is 6.52. The molecule has 3 heteroatoms. The van der Waals surface area contributed by atoms with Crippen molar-refractivity contribution in [2.24, 2.45) is 5.92 Å². The summed E-state index contributed by atoms with van der Waals surface area (Å²) in [5.74, 6) is 0.711. The van der Waals surface area contributed by atoms with Crippen molar-refractivity contribution in [1.82, 2.24) is 10.2 Å². The maximum absolute atomic E-state index is 12.4. The minimum Gasteiger partial charge on any atom is -0.356 e. The van der Waals surface area contributed by atoms with Crippen LogP contribution < -0.4 is 5.32 Å². The van der Waals surface area contributed by atoms with Crippen LogP contribution in [0.25, 0.3) is 0 Å². The molecule has 1 saturated heterocycles. The monoisotopic (exact) mass is 402 g/mol. The summed E-state index contributed by atoms with van der Waals surface area (Å²) < 4.78 is 0. The van der Waals surface area contributed by atoms with E-state index in [4.69, 9.17) is 0 Å². The molecular formula is C27H34N2O. The van der Waals surface area contributed by atoms with Gasteiger partial charge in [0.2, 0.25) is 5.91 Å². The van der Waals surface area contributed by atoms with Gasteiger partial charge >= 0.3 is 0 Å². The lowest BCUT2D eigenvalue weighted by molar-refractivity contribution is -0.121. The molecule has 1 fully saturated rings. The number of carbonyl (C=O) groups excluding carboxylic acids is 1. The van der Waals surface area contributed by atoms with Gasteiger partial charge in [0.1, 0.15) is 0 Å². The van der Waals surface area contributed by atoms with E-state index >= 15 is 0 Å². The van der Waals surface area contributed by atoms with Crippen LogP contribution in [0.3, 0.4) is 0 Å². The van der Waals surface area contributed by atoms with Crippen molar-refractivity contribution in [2.75, 3.05) is 26.2 Å². The maximum atomic E-state index is 12.4. The normalized spacial score (nSPS) is 20.3. The van der Waals surface area contributed by atoms with Gasteiger partial charge < -0.3 is 10.2 Å². The van der Waals surface area contributed by atoms with E-state index in [1.807, 2.05) is 0 Å². The van der Waals surface area contributed by atoms with E-state index in [0.717, 1.165) is 32.4 Å². The van der Waals surface area contributed by atoms with Crippen LogP contribution in [-0.2, 0) is 29.5 Å². The van der Waals surface area contributed by atoms with E-state index in [-0.39, 0.29) is 5.91 Å². The number of rotatable bonds is 6. The molecule has 3 aliphatic rings. The minimum absolute atomic E-state index is 0.230. The van der Waals surface area contributed by atoms with Gasteiger partial charge in [0.05, 0.1) is 0 Å². The van der Waals surface area contributed by atoms with E-state index in [0.29, 0.717) is 17.8 Å². The van der Waals surface area contributed by atoms with Crippen molar-refractivity contribution in [2.45, 2.75) is 56.8 Å². The molecule has 1 heterocycles. The third-order valence-electron chi connectivity index (χ3n) is 7.86. The molecule has 2 aromatic carbocycles. The molecule has 0 saturated carbocycles. The van der Waals surface area contributed by atoms with Crippen LogP contribution in [0.4, 0.5) is 0 Å². The average molecular weight is 403 g/mol. The van der Waals surface area contributed by atoms with Crippen LogP contribution in [0.2, 0.25) is 0 Å². The smallest absolute Gasteiger partial charge is 0.220 e. The zero-order valence-corrected chi connectivity index (χ0v) is 18.0. The fourth-order valence-corrected chi connectivity index (χ4v) is 6.15. The third-order valence-corrected chi connectivity index (χ3v) is 7.86. The van der Waals surface area contributed by atoms with Crippen LogP contribution in [0.5, 0.6) is 0 Å². The van der Waals surface area contributed by atoms with Gasteiger partial charge in [0.25, 0.3) is 0 Å².